The van der Waals surface area contributed by atoms with E-state index in [2.05, 4.69) is 0 Å². The first kappa shape index (κ1) is 26.8. The van der Waals surface area contributed by atoms with Gasteiger partial charge in [0.15, 0.2) is 5.78 Å². The van der Waals surface area contributed by atoms with Crippen molar-refractivity contribution in [3.63, 3.8) is 0 Å². The lowest BCUT2D eigenvalue weighted by molar-refractivity contribution is -0.150. The Morgan fingerprint density at radius 3 is 2.15 bits per heavy atom. The minimum Gasteiger partial charge on any atom is -0.468 e. The Morgan fingerprint density at radius 2 is 1.52 bits per heavy atom. The predicted molar refractivity (Wildman–Crippen MR) is 143 cm³/mol. The molecule has 0 saturated heterocycles. The number of allylic oxidation sites excluding steroid dienone is 2. The largest absolute Gasteiger partial charge is 0.468 e. The molecule has 0 bridgehead atoms. The highest BCUT2D eigenvalue weighted by atomic mass is 19.1. The minimum atomic E-state index is -1.25. The van der Waals surface area contributed by atoms with Crippen LogP contribution in [0, 0.1) is 17.6 Å². The molecule has 3 atom stereocenters. The molecular weight excluding hydrogens is 518 g/mol. The number of carbonyl (C=O) groups excluding carboxylic acids is 3. The van der Waals surface area contributed by atoms with E-state index in [0.29, 0.717) is 16.8 Å². The maximum Gasteiger partial charge on any atom is 0.338 e. The highest BCUT2D eigenvalue weighted by molar-refractivity contribution is 6.14. The molecule has 0 amide bonds. The van der Waals surface area contributed by atoms with Crippen LogP contribution >= 0.6 is 0 Å². The first-order chi connectivity index (χ1) is 19.3. The molecule has 3 aromatic carbocycles. The Bertz CT molecular complexity index is 1550. The van der Waals surface area contributed by atoms with E-state index in [4.69, 9.17) is 15.2 Å². The third kappa shape index (κ3) is 4.43. The van der Waals surface area contributed by atoms with Gasteiger partial charge in [0, 0.05) is 17.2 Å². The zero-order valence-corrected chi connectivity index (χ0v) is 21.8. The third-order valence-corrected chi connectivity index (χ3v) is 7.42. The van der Waals surface area contributed by atoms with E-state index < -0.39 is 47.1 Å². The molecule has 1 aliphatic heterocycles. The van der Waals surface area contributed by atoms with Crippen molar-refractivity contribution in [2.75, 3.05) is 19.1 Å². The second-order valence-electron chi connectivity index (χ2n) is 9.51. The van der Waals surface area contributed by atoms with Crippen molar-refractivity contribution >= 4 is 23.4 Å². The van der Waals surface area contributed by atoms with Crippen molar-refractivity contribution in [3.8, 4) is 0 Å². The van der Waals surface area contributed by atoms with Crippen LogP contribution in [-0.2, 0) is 23.9 Å². The molecule has 204 valence electrons. The molecule has 7 nitrogen and oxygen atoms in total. The number of benzene rings is 3. The van der Waals surface area contributed by atoms with E-state index in [1.165, 1.54) is 54.5 Å². The van der Waals surface area contributed by atoms with Crippen LogP contribution in [0.2, 0.25) is 0 Å². The van der Waals surface area contributed by atoms with Gasteiger partial charge in [-0.1, -0.05) is 54.6 Å². The van der Waals surface area contributed by atoms with Crippen molar-refractivity contribution < 1.29 is 32.6 Å². The van der Waals surface area contributed by atoms with Crippen LogP contribution in [0.1, 0.15) is 29.4 Å². The number of hydrogen-bond acceptors (Lipinski definition) is 7. The number of ether oxygens (including phenoxy) is 2. The Balaban J connectivity index is 1.84. The number of anilines is 1. The molecule has 3 unspecified atom stereocenters. The molecule has 0 radical (unpaired) electrons. The molecule has 5 rings (SSSR count). The monoisotopic (exact) mass is 544 g/mol. The average Bonchev–Trinajstić information content (AvgIpc) is 2.97. The van der Waals surface area contributed by atoms with Gasteiger partial charge in [0.05, 0.1) is 31.4 Å². The lowest BCUT2D eigenvalue weighted by Crippen LogP contribution is -2.46. The summed E-state index contributed by atoms with van der Waals surface area (Å²) >= 11 is 0. The van der Waals surface area contributed by atoms with E-state index in [1.54, 1.807) is 30.3 Å². The maximum atomic E-state index is 15.3. The quantitative estimate of drug-likeness (QED) is 0.367. The summed E-state index contributed by atoms with van der Waals surface area (Å²) in [5.74, 6) is -6.54. The van der Waals surface area contributed by atoms with Gasteiger partial charge in [-0.25, -0.2) is 13.6 Å². The highest BCUT2D eigenvalue weighted by Gasteiger charge is 2.51. The van der Waals surface area contributed by atoms with Gasteiger partial charge >= 0.3 is 11.9 Å². The molecule has 2 N–H and O–H groups in total. The lowest BCUT2D eigenvalue weighted by Gasteiger charge is -2.44. The van der Waals surface area contributed by atoms with Crippen LogP contribution < -0.4 is 10.6 Å². The van der Waals surface area contributed by atoms with Crippen LogP contribution in [0.4, 0.5) is 14.5 Å². The molecule has 1 heterocycles. The number of nitrogens with zero attached hydrogens (tertiary/aromatic N) is 1. The van der Waals surface area contributed by atoms with Crippen LogP contribution in [0.25, 0.3) is 0 Å². The number of ketones is 1. The normalized spacial score (nSPS) is 20.8. The number of methoxy groups -OCH3 is 2. The molecule has 1 aliphatic carbocycles. The van der Waals surface area contributed by atoms with Crippen LogP contribution in [0.5, 0.6) is 0 Å². The second kappa shape index (κ2) is 10.8. The summed E-state index contributed by atoms with van der Waals surface area (Å²) in [5, 5.41) is 0. The number of carbonyl (C=O) groups is 3. The summed E-state index contributed by atoms with van der Waals surface area (Å²) in [4.78, 5) is 42.2. The molecule has 0 spiro atoms. The van der Waals surface area contributed by atoms with Crippen molar-refractivity contribution in [3.05, 3.63) is 124 Å². The molecule has 0 aromatic heterocycles. The number of hydrogen-bond donors (Lipinski definition) is 1. The Morgan fingerprint density at radius 1 is 0.875 bits per heavy atom. The van der Waals surface area contributed by atoms with Crippen molar-refractivity contribution in [1.82, 2.24) is 0 Å². The van der Waals surface area contributed by atoms with Crippen molar-refractivity contribution in [1.29, 1.82) is 0 Å². The Hall–Kier alpha value is -4.79. The Kier molecular flexibility index (Phi) is 7.21. The highest BCUT2D eigenvalue weighted by Crippen LogP contribution is 2.51. The molecule has 2 aliphatic rings. The number of rotatable bonds is 5. The van der Waals surface area contributed by atoms with Gasteiger partial charge in [-0.3, -0.25) is 14.5 Å². The number of para-hydroxylation sites is 1. The van der Waals surface area contributed by atoms with Crippen LogP contribution in [0.15, 0.2) is 102 Å². The first-order valence-electron chi connectivity index (χ1n) is 12.6. The maximum absolute atomic E-state index is 15.3. The molecule has 40 heavy (non-hydrogen) atoms. The number of halogens is 2. The first-order valence-corrected chi connectivity index (χ1v) is 12.6. The van der Waals surface area contributed by atoms with Gasteiger partial charge in [0.1, 0.15) is 23.4 Å². The smallest absolute Gasteiger partial charge is 0.338 e. The SMILES string of the molecule is COC(=O)C1=C(N)N(c2ccccc2F)C2=C(C(=O)C(C(=O)OC)C(c3ccccc3)C2)C1c1ccc(F)cc1. The molecule has 3 aromatic rings. The van der Waals surface area contributed by atoms with Gasteiger partial charge in [0.2, 0.25) is 0 Å². The third-order valence-electron chi connectivity index (χ3n) is 7.42. The fourth-order valence-corrected chi connectivity index (χ4v) is 5.65. The number of nitrogens with two attached hydrogens (primary N) is 1. The molecule has 0 saturated carbocycles. The van der Waals surface area contributed by atoms with E-state index in [-0.39, 0.29) is 29.1 Å². The average molecular weight is 545 g/mol. The summed E-state index contributed by atoms with van der Waals surface area (Å²) in [5.41, 5.74) is 7.99. The van der Waals surface area contributed by atoms with E-state index in [0.717, 1.165) is 7.11 Å². The molecule has 9 heteroatoms. The summed E-state index contributed by atoms with van der Waals surface area (Å²) in [6, 6.07) is 20.1. The molecule has 0 fully saturated rings. The van der Waals surface area contributed by atoms with Gasteiger partial charge in [-0.15, -0.1) is 0 Å². The minimum absolute atomic E-state index is 0.0163. The zero-order valence-electron chi connectivity index (χ0n) is 21.8. The lowest BCUT2D eigenvalue weighted by atomic mass is 9.67. The zero-order chi connectivity index (χ0) is 28.6. The van der Waals surface area contributed by atoms with Gasteiger partial charge in [0.25, 0.3) is 0 Å². The van der Waals surface area contributed by atoms with Crippen LogP contribution in [0.3, 0.4) is 0 Å². The van der Waals surface area contributed by atoms with E-state index in [9.17, 15) is 18.8 Å². The fraction of sp³-hybridized carbons (Fsp3) is 0.194. The summed E-state index contributed by atoms with van der Waals surface area (Å²) in [6.07, 6.45) is 0.0893. The van der Waals surface area contributed by atoms with Crippen LogP contribution in [-0.4, -0.2) is 31.9 Å². The summed E-state index contributed by atoms with van der Waals surface area (Å²) in [7, 11) is 2.36. The molecular formula is C31H26F2N2O5. The number of esters is 2. The standard InChI is InChI=1S/C31H26F2N2O5/c1-39-30(37)25-20(17-8-4-3-5-9-17)16-23-26(28(25)36)24(18-12-14-19(32)15-13-18)27(31(38)40-2)29(34)35(23)22-11-7-6-10-21(22)33/h3-15,20,24-25H,16,34H2,1-2H3. The van der Waals surface area contributed by atoms with Gasteiger partial charge in [-0.2, -0.15) is 0 Å². The van der Waals surface area contributed by atoms with Crippen molar-refractivity contribution in [2.45, 2.75) is 18.3 Å². The predicted octanol–water partition coefficient (Wildman–Crippen LogP) is 4.71. The van der Waals surface area contributed by atoms with E-state index in [1.807, 2.05) is 6.07 Å². The topological polar surface area (TPSA) is 98.9 Å². The summed E-state index contributed by atoms with van der Waals surface area (Å²) in [6.45, 7) is 0. The van der Waals surface area contributed by atoms with Gasteiger partial charge < -0.3 is 15.2 Å². The van der Waals surface area contributed by atoms with Crippen molar-refractivity contribution in [2.24, 2.45) is 11.7 Å². The fourth-order valence-electron chi connectivity index (χ4n) is 5.65. The van der Waals surface area contributed by atoms with E-state index >= 15 is 4.39 Å². The summed E-state index contributed by atoms with van der Waals surface area (Å²) < 4.78 is 39.3. The second-order valence-corrected chi connectivity index (χ2v) is 9.51. The Labute approximate surface area is 229 Å². The van der Waals surface area contributed by atoms with Gasteiger partial charge in [-0.05, 0) is 41.8 Å². The number of Topliss-reactive ketones (excluding diaryl/α,β-unsaturated/α-hetero) is 1.